The van der Waals surface area contributed by atoms with Crippen LogP contribution in [0.4, 0.5) is 0 Å². The van der Waals surface area contributed by atoms with E-state index < -0.39 is 0 Å². The second kappa shape index (κ2) is 7.87. The number of esters is 1. The van der Waals surface area contributed by atoms with E-state index in [0.29, 0.717) is 6.61 Å². The molecule has 0 unspecified atom stereocenters. The highest BCUT2D eigenvalue weighted by molar-refractivity contribution is 5.72. The fourth-order valence-electron chi connectivity index (χ4n) is 2.21. The van der Waals surface area contributed by atoms with Gasteiger partial charge in [-0.05, 0) is 17.7 Å². The van der Waals surface area contributed by atoms with Crippen molar-refractivity contribution in [3.63, 3.8) is 0 Å². The fourth-order valence-corrected chi connectivity index (χ4v) is 2.21. The van der Waals surface area contributed by atoms with Crippen LogP contribution in [0.3, 0.4) is 0 Å². The maximum absolute atomic E-state index is 11.2. The van der Waals surface area contributed by atoms with Crippen molar-refractivity contribution in [2.75, 3.05) is 46.4 Å². The summed E-state index contributed by atoms with van der Waals surface area (Å²) in [4.78, 5) is 13.6. The summed E-state index contributed by atoms with van der Waals surface area (Å²) in [5.41, 5.74) is 0.913. The number of nitrogens with one attached hydrogen (secondary N) is 1. The van der Waals surface area contributed by atoms with Gasteiger partial charge in [0.15, 0.2) is 0 Å². The van der Waals surface area contributed by atoms with Gasteiger partial charge in [-0.1, -0.05) is 12.1 Å². The van der Waals surface area contributed by atoms with Gasteiger partial charge in [0, 0.05) is 32.7 Å². The second-order valence-corrected chi connectivity index (χ2v) is 4.84. The molecule has 1 N–H and O–H groups in total. The highest BCUT2D eigenvalue weighted by atomic mass is 16.5. The zero-order valence-electron chi connectivity index (χ0n) is 11.9. The third-order valence-electron chi connectivity index (χ3n) is 3.36. The quantitative estimate of drug-likeness (QED) is 0.776. The first-order chi connectivity index (χ1) is 9.78. The predicted molar refractivity (Wildman–Crippen MR) is 77.0 cm³/mol. The van der Waals surface area contributed by atoms with Crippen molar-refractivity contribution >= 4 is 5.97 Å². The smallest absolute Gasteiger partial charge is 0.309 e. The number of methoxy groups -OCH3 is 1. The first-order valence-corrected chi connectivity index (χ1v) is 6.99. The number of carbonyl (C=O) groups is 1. The van der Waals surface area contributed by atoms with Crippen LogP contribution in [0.2, 0.25) is 0 Å². The molecule has 2 rings (SSSR count). The average molecular weight is 278 g/mol. The van der Waals surface area contributed by atoms with Gasteiger partial charge in [-0.3, -0.25) is 9.69 Å². The van der Waals surface area contributed by atoms with E-state index in [-0.39, 0.29) is 12.4 Å². The maximum Gasteiger partial charge on any atom is 0.309 e. The van der Waals surface area contributed by atoms with Crippen LogP contribution in [0, 0.1) is 0 Å². The van der Waals surface area contributed by atoms with Crippen molar-refractivity contribution in [1.82, 2.24) is 10.2 Å². The minimum atomic E-state index is -0.233. The SMILES string of the molecule is COC(=O)Cc1cccc(OCCN2CCNCC2)c1. The van der Waals surface area contributed by atoms with Gasteiger partial charge in [-0.25, -0.2) is 0 Å². The van der Waals surface area contributed by atoms with Crippen LogP contribution in [0.15, 0.2) is 24.3 Å². The second-order valence-electron chi connectivity index (χ2n) is 4.84. The zero-order chi connectivity index (χ0) is 14.2. The van der Waals surface area contributed by atoms with E-state index in [1.165, 1.54) is 7.11 Å². The van der Waals surface area contributed by atoms with E-state index in [2.05, 4.69) is 15.0 Å². The van der Waals surface area contributed by atoms with E-state index in [1.54, 1.807) is 0 Å². The van der Waals surface area contributed by atoms with Crippen molar-refractivity contribution in [3.05, 3.63) is 29.8 Å². The number of benzene rings is 1. The number of hydrogen-bond acceptors (Lipinski definition) is 5. The summed E-state index contributed by atoms with van der Waals surface area (Å²) in [5.74, 6) is 0.574. The van der Waals surface area contributed by atoms with Crippen LogP contribution in [-0.4, -0.2) is 57.3 Å². The number of ether oxygens (including phenoxy) is 2. The summed E-state index contributed by atoms with van der Waals surface area (Å²) in [6, 6.07) is 7.62. The van der Waals surface area contributed by atoms with Gasteiger partial charge < -0.3 is 14.8 Å². The largest absolute Gasteiger partial charge is 0.492 e. The third kappa shape index (κ3) is 4.83. The number of hydrogen-bond donors (Lipinski definition) is 1. The monoisotopic (exact) mass is 278 g/mol. The molecule has 0 radical (unpaired) electrons. The minimum Gasteiger partial charge on any atom is -0.492 e. The molecule has 0 aromatic heterocycles. The van der Waals surface area contributed by atoms with Crippen LogP contribution in [0.25, 0.3) is 0 Å². The van der Waals surface area contributed by atoms with Crippen molar-refractivity contribution in [1.29, 1.82) is 0 Å². The Kier molecular flexibility index (Phi) is 5.83. The van der Waals surface area contributed by atoms with E-state index in [1.807, 2.05) is 24.3 Å². The van der Waals surface area contributed by atoms with Crippen molar-refractivity contribution < 1.29 is 14.3 Å². The lowest BCUT2D eigenvalue weighted by Gasteiger charge is -2.26. The molecule has 110 valence electrons. The molecular formula is C15H22N2O3. The molecule has 1 aliphatic rings. The first-order valence-electron chi connectivity index (χ1n) is 6.99. The summed E-state index contributed by atoms with van der Waals surface area (Å²) in [6.07, 6.45) is 0.283. The van der Waals surface area contributed by atoms with Crippen LogP contribution >= 0.6 is 0 Å². The number of carbonyl (C=O) groups excluding carboxylic acids is 1. The lowest BCUT2D eigenvalue weighted by atomic mass is 10.1. The molecule has 0 bridgehead atoms. The number of piperazine rings is 1. The normalized spacial score (nSPS) is 15.8. The predicted octanol–water partition coefficient (Wildman–Crippen LogP) is 0.686. The van der Waals surface area contributed by atoms with Crippen molar-refractivity contribution in [2.24, 2.45) is 0 Å². The molecule has 1 aromatic carbocycles. The number of rotatable bonds is 6. The highest BCUT2D eigenvalue weighted by Gasteiger charge is 2.09. The Labute approximate surface area is 119 Å². The molecule has 0 amide bonds. The Bertz CT molecular complexity index is 431. The van der Waals surface area contributed by atoms with Gasteiger partial charge >= 0.3 is 5.97 Å². The molecule has 1 saturated heterocycles. The lowest BCUT2D eigenvalue weighted by molar-refractivity contribution is -0.139. The van der Waals surface area contributed by atoms with Gasteiger partial charge in [0.2, 0.25) is 0 Å². The third-order valence-corrected chi connectivity index (χ3v) is 3.36. The summed E-state index contributed by atoms with van der Waals surface area (Å²) in [6.45, 7) is 5.85. The highest BCUT2D eigenvalue weighted by Crippen LogP contribution is 2.14. The Morgan fingerprint density at radius 1 is 1.35 bits per heavy atom. The van der Waals surface area contributed by atoms with Crippen LogP contribution in [0.5, 0.6) is 5.75 Å². The summed E-state index contributed by atoms with van der Waals surface area (Å²) in [5, 5.41) is 3.33. The zero-order valence-corrected chi connectivity index (χ0v) is 11.9. The molecule has 0 spiro atoms. The standard InChI is InChI=1S/C15H22N2O3/c1-19-15(18)12-13-3-2-4-14(11-13)20-10-9-17-7-5-16-6-8-17/h2-4,11,16H,5-10,12H2,1H3. The Morgan fingerprint density at radius 2 is 2.15 bits per heavy atom. The molecule has 5 heteroatoms. The van der Waals surface area contributed by atoms with Gasteiger partial charge in [0.1, 0.15) is 12.4 Å². The van der Waals surface area contributed by atoms with E-state index in [0.717, 1.165) is 44.0 Å². The van der Waals surface area contributed by atoms with E-state index >= 15 is 0 Å². The summed E-state index contributed by atoms with van der Waals surface area (Å²) >= 11 is 0. The van der Waals surface area contributed by atoms with Crippen molar-refractivity contribution in [3.8, 4) is 5.75 Å². The summed E-state index contributed by atoms with van der Waals surface area (Å²) < 4.78 is 10.4. The molecule has 1 heterocycles. The summed E-state index contributed by atoms with van der Waals surface area (Å²) in [7, 11) is 1.40. The van der Waals surface area contributed by atoms with Crippen LogP contribution in [0.1, 0.15) is 5.56 Å². The molecule has 1 aromatic rings. The number of nitrogens with zero attached hydrogens (tertiary/aromatic N) is 1. The molecule has 1 aliphatic heterocycles. The van der Waals surface area contributed by atoms with Gasteiger partial charge in [0.05, 0.1) is 13.5 Å². The Balaban J connectivity index is 1.77. The topological polar surface area (TPSA) is 50.8 Å². The molecule has 0 aliphatic carbocycles. The molecule has 1 fully saturated rings. The molecule has 0 saturated carbocycles. The van der Waals surface area contributed by atoms with E-state index in [4.69, 9.17) is 4.74 Å². The van der Waals surface area contributed by atoms with Gasteiger partial charge in [-0.2, -0.15) is 0 Å². The molecular weight excluding hydrogens is 256 g/mol. The van der Waals surface area contributed by atoms with Crippen LogP contribution < -0.4 is 10.1 Å². The molecule has 5 nitrogen and oxygen atoms in total. The Morgan fingerprint density at radius 3 is 2.90 bits per heavy atom. The fraction of sp³-hybridized carbons (Fsp3) is 0.533. The first kappa shape index (κ1) is 14.8. The minimum absolute atomic E-state index is 0.233. The average Bonchev–Trinajstić information content (AvgIpc) is 2.48. The van der Waals surface area contributed by atoms with E-state index in [9.17, 15) is 4.79 Å². The van der Waals surface area contributed by atoms with Crippen LogP contribution in [-0.2, 0) is 16.0 Å². The molecule has 20 heavy (non-hydrogen) atoms. The van der Waals surface area contributed by atoms with Gasteiger partial charge in [-0.15, -0.1) is 0 Å². The van der Waals surface area contributed by atoms with Crippen molar-refractivity contribution in [2.45, 2.75) is 6.42 Å². The Hall–Kier alpha value is -1.59. The van der Waals surface area contributed by atoms with Gasteiger partial charge in [0.25, 0.3) is 0 Å². The molecule has 0 atom stereocenters. The maximum atomic E-state index is 11.2. The lowest BCUT2D eigenvalue weighted by Crippen LogP contribution is -2.44.